The van der Waals surface area contributed by atoms with Crippen LogP contribution in [0.15, 0.2) is 42.5 Å². The SMILES string of the molecule is COc1ccc(C(NC(=O)CC2OCCc3ccccc32)C(=O)O)cc1Cl. The Labute approximate surface area is 162 Å². The molecule has 3 rings (SSSR count). The number of halogens is 1. The highest BCUT2D eigenvalue weighted by molar-refractivity contribution is 6.32. The summed E-state index contributed by atoms with van der Waals surface area (Å²) < 4.78 is 10.8. The van der Waals surface area contributed by atoms with Crippen molar-refractivity contribution in [3.8, 4) is 5.75 Å². The van der Waals surface area contributed by atoms with Crippen LogP contribution in [0.2, 0.25) is 5.02 Å². The number of carboxylic acid groups (broad SMARTS) is 1. The zero-order valence-electron chi connectivity index (χ0n) is 14.8. The lowest BCUT2D eigenvalue weighted by molar-refractivity contribution is -0.142. The molecule has 2 aromatic carbocycles. The molecule has 0 saturated carbocycles. The van der Waals surface area contributed by atoms with Gasteiger partial charge in [-0.25, -0.2) is 4.79 Å². The molecule has 27 heavy (non-hydrogen) atoms. The van der Waals surface area contributed by atoms with Crippen LogP contribution in [0.5, 0.6) is 5.75 Å². The van der Waals surface area contributed by atoms with Crippen molar-refractivity contribution < 1.29 is 24.2 Å². The van der Waals surface area contributed by atoms with E-state index in [9.17, 15) is 14.7 Å². The van der Waals surface area contributed by atoms with Crippen molar-refractivity contribution in [3.05, 3.63) is 64.2 Å². The van der Waals surface area contributed by atoms with E-state index in [2.05, 4.69) is 5.32 Å². The Hall–Kier alpha value is -2.57. The summed E-state index contributed by atoms with van der Waals surface area (Å²) >= 11 is 6.08. The monoisotopic (exact) mass is 389 g/mol. The summed E-state index contributed by atoms with van der Waals surface area (Å²) in [6.07, 6.45) is 0.463. The number of rotatable bonds is 6. The fourth-order valence-electron chi connectivity index (χ4n) is 3.18. The molecule has 2 atom stereocenters. The highest BCUT2D eigenvalue weighted by Gasteiger charge is 2.27. The van der Waals surface area contributed by atoms with Gasteiger partial charge in [0.05, 0.1) is 31.3 Å². The van der Waals surface area contributed by atoms with Gasteiger partial charge in [0.2, 0.25) is 5.91 Å². The second-order valence-electron chi connectivity index (χ2n) is 6.25. The highest BCUT2D eigenvalue weighted by atomic mass is 35.5. The van der Waals surface area contributed by atoms with Gasteiger partial charge < -0.3 is 19.9 Å². The summed E-state index contributed by atoms with van der Waals surface area (Å²) in [4.78, 5) is 24.2. The molecule has 1 amide bonds. The molecule has 0 spiro atoms. The average molecular weight is 390 g/mol. The molecule has 1 aliphatic rings. The van der Waals surface area contributed by atoms with Gasteiger partial charge in [-0.1, -0.05) is 41.9 Å². The first-order chi connectivity index (χ1) is 13.0. The topological polar surface area (TPSA) is 84.9 Å². The van der Waals surface area contributed by atoms with Crippen LogP contribution in [0.25, 0.3) is 0 Å². The molecule has 7 heteroatoms. The summed E-state index contributed by atoms with van der Waals surface area (Å²) in [5.41, 5.74) is 2.49. The number of carbonyl (C=O) groups is 2. The number of aliphatic carboxylic acids is 1. The van der Waals surface area contributed by atoms with E-state index < -0.39 is 17.9 Å². The quantitative estimate of drug-likeness (QED) is 0.791. The second kappa shape index (κ2) is 8.41. The molecule has 0 aliphatic carbocycles. The fourth-order valence-corrected chi connectivity index (χ4v) is 3.45. The van der Waals surface area contributed by atoms with Gasteiger partial charge in [-0.2, -0.15) is 0 Å². The van der Waals surface area contributed by atoms with Crippen LogP contribution in [0.4, 0.5) is 0 Å². The molecule has 6 nitrogen and oxygen atoms in total. The predicted molar refractivity (Wildman–Crippen MR) is 100.0 cm³/mol. The van der Waals surface area contributed by atoms with Crippen molar-refractivity contribution >= 4 is 23.5 Å². The van der Waals surface area contributed by atoms with Gasteiger partial charge in [0.1, 0.15) is 5.75 Å². The van der Waals surface area contributed by atoms with E-state index in [0.29, 0.717) is 17.9 Å². The zero-order chi connectivity index (χ0) is 19.4. The number of ether oxygens (including phenoxy) is 2. The normalized spacial score (nSPS) is 16.9. The fraction of sp³-hybridized carbons (Fsp3) is 0.300. The number of fused-ring (bicyclic) bond motifs is 1. The van der Waals surface area contributed by atoms with Gasteiger partial charge in [0.25, 0.3) is 0 Å². The maximum absolute atomic E-state index is 12.5. The second-order valence-corrected chi connectivity index (χ2v) is 6.65. The smallest absolute Gasteiger partial charge is 0.330 e. The first-order valence-electron chi connectivity index (χ1n) is 8.54. The minimum absolute atomic E-state index is 0.0463. The van der Waals surface area contributed by atoms with Gasteiger partial charge in [-0.15, -0.1) is 0 Å². The highest BCUT2D eigenvalue weighted by Crippen LogP contribution is 2.31. The average Bonchev–Trinajstić information content (AvgIpc) is 2.66. The Morgan fingerprint density at radius 1 is 1.33 bits per heavy atom. The number of hydrogen-bond donors (Lipinski definition) is 2. The first kappa shape index (κ1) is 19.2. The van der Waals surface area contributed by atoms with Gasteiger partial charge in [-0.05, 0) is 35.2 Å². The maximum Gasteiger partial charge on any atom is 0.330 e. The van der Waals surface area contributed by atoms with Crippen molar-refractivity contribution in [1.29, 1.82) is 0 Å². The summed E-state index contributed by atoms with van der Waals surface area (Å²) in [6.45, 7) is 0.533. The number of nitrogens with one attached hydrogen (secondary N) is 1. The lowest BCUT2D eigenvalue weighted by Gasteiger charge is -2.26. The molecular weight excluding hydrogens is 370 g/mol. The van der Waals surface area contributed by atoms with Crippen LogP contribution < -0.4 is 10.1 Å². The van der Waals surface area contributed by atoms with Crippen molar-refractivity contribution in [1.82, 2.24) is 5.32 Å². The predicted octanol–water partition coefficient (Wildman–Crippen LogP) is 3.29. The lowest BCUT2D eigenvalue weighted by atomic mass is 9.95. The Morgan fingerprint density at radius 2 is 2.11 bits per heavy atom. The van der Waals surface area contributed by atoms with Crippen molar-refractivity contribution in [3.63, 3.8) is 0 Å². The molecular formula is C20H20ClNO5. The molecule has 142 valence electrons. The third-order valence-electron chi connectivity index (χ3n) is 4.52. The van der Waals surface area contributed by atoms with E-state index in [1.807, 2.05) is 24.3 Å². The van der Waals surface area contributed by atoms with Crippen LogP contribution >= 0.6 is 11.6 Å². The van der Waals surface area contributed by atoms with E-state index in [1.165, 1.54) is 13.2 Å². The summed E-state index contributed by atoms with van der Waals surface area (Å²) in [7, 11) is 1.47. The van der Waals surface area contributed by atoms with E-state index >= 15 is 0 Å². The standard InChI is InChI=1S/C20H20ClNO5/c1-26-16-7-6-13(10-15(16)21)19(20(24)25)22-18(23)11-17-14-5-3-2-4-12(14)8-9-27-17/h2-7,10,17,19H,8-9,11H2,1H3,(H,22,23)(H,24,25). The molecule has 0 radical (unpaired) electrons. The number of hydrogen-bond acceptors (Lipinski definition) is 4. The lowest BCUT2D eigenvalue weighted by Crippen LogP contribution is -2.35. The van der Waals surface area contributed by atoms with Crippen LogP contribution in [0.1, 0.15) is 35.3 Å². The number of carbonyl (C=O) groups excluding carboxylic acids is 1. The van der Waals surface area contributed by atoms with Gasteiger partial charge in [0, 0.05) is 0 Å². The number of amides is 1. The van der Waals surface area contributed by atoms with Gasteiger partial charge in [0.15, 0.2) is 6.04 Å². The molecule has 2 N–H and O–H groups in total. The van der Waals surface area contributed by atoms with E-state index in [0.717, 1.165) is 17.5 Å². The zero-order valence-corrected chi connectivity index (χ0v) is 15.5. The molecule has 1 heterocycles. The Morgan fingerprint density at radius 3 is 2.81 bits per heavy atom. The first-order valence-corrected chi connectivity index (χ1v) is 8.92. The molecule has 2 unspecified atom stereocenters. The van der Waals surface area contributed by atoms with Crippen LogP contribution in [-0.2, 0) is 20.7 Å². The van der Waals surface area contributed by atoms with Crippen molar-refractivity contribution in [2.75, 3.05) is 13.7 Å². The maximum atomic E-state index is 12.5. The molecule has 2 aromatic rings. The third kappa shape index (κ3) is 4.40. The van der Waals surface area contributed by atoms with Gasteiger partial charge >= 0.3 is 5.97 Å². The molecule has 0 bridgehead atoms. The van der Waals surface area contributed by atoms with E-state index in [1.54, 1.807) is 12.1 Å². The molecule has 0 fully saturated rings. The minimum Gasteiger partial charge on any atom is -0.495 e. The Bertz CT molecular complexity index is 854. The van der Waals surface area contributed by atoms with Crippen molar-refractivity contribution in [2.24, 2.45) is 0 Å². The number of methoxy groups -OCH3 is 1. The van der Waals surface area contributed by atoms with Gasteiger partial charge in [-0.3, -0.25) is 4.79 Å². The number of carboxylic acids is 1. The molecule has 1 aliphatic heterocycles. The van der Waals surface area contributed by atoms with Crippen LogP contribution in [-0.4, -0.2) is 30.7 Å². The Kier molecular flexibility index (Phi) is 5.98. The third-order valence-corrected chi connectivity index (χ3v) is 4.82. The van der Waals surface area contributed by atoms with Crippen LogP contribution in [0.3, 0.4) is 0 Å². The van der Waals surface area contributed by atoms with E-state index in [-0.39, 0.29) is 17.5 Å². The minimum atomic E-state index is -1.21. The van der Waals surface area contributed by atoms with E-state index in [4.69, 9.17) is 21.1 Å². The summed E-state index contributed by atoms with van der Waals surface area (Å²) in [5.74, 6) is -1.14. The number of benzene rings is 2. The van der Waals surface area contributed by atoms with Crippen LogP contribution in [0, 0.1) is 0 Å². The molecule has 0 saturated heterocycles. The summed E-state index contributed by atoms with van der Waals surface area (Å²) in [5, 5.41) is 12.4. The largest absolute Gasteiger partial charge is 0.495 e. The summed E-state index contributed by atoms with van der Waals surface area (Å²) in [6, 6.07) is 11.2. The molecule has 0 aromatic heterocycles. The van der Waals surface area contributed by atoms with Crippen molar-refractivity contribution in [2.45, 2.75) is 25.0 Å². The Balaban J connectivity index is 1.73.